The van der Waals surface area contributed by atoms with Crippen molar-refractivity contribution in [2.45, 2.75) is 46.6 Å². The monoisotopic (exact) mass is 318 g/mol. The quantitative estimate of drug-likeness (QED) is 0.924. The molecule has 2 rings (SSSR count). The van der Waals surface area contributed by atoms with Crippen LogP contribution in [0.4, 0.5) is 0 Å². The van der Waals surface area contributed by atoms with Crippen LogP contribution in [-0.2, 0) is 9.59 Å². The molecule has 1 aromatic carbocycles. The van der Waals surface area contributed by atoms with Crippen LogP contribution in [0.3, 0.4) is 0 Å². The van der Waals surface area contributed by atoms with Gasteiger partial charge in [0.1, 0.15) is 5.75 Å². The van der Waals surface area contributed by atoms with Crippen LogP contribution in [0.15, 0.2) is 12.1 Å². The fourth-order valence-corrected chi connectivity index (χ4v) is 3.01. The first-order chi connectivity index (χ1) is 10.8. The third-order valence-corrected chi connectivity index (χ3v) is 4.62. The summed E-state index contributed by atoms with van der Waals surface area (Å²) in [7, 11) is 0. The highest BCUT2D eigenvalue weighted by molar-refractivity contribution is 5.82. The summed E-state index contributed by atoms with van der Waals surface area (Å²) in [6.07, 6.45) is 0.729. The molecule has 0 aromatic heterocycles. The van der Waals surface area contributed by atoms with Crippen LogP contribution in [-0.4, -0.2) is 35.9 Å². The number of aryl methyl sites for hydroxylation is 2. The standard InChI is InChI=1S/C18H26N2O3/c1-11-9-12(2)13(3)16(10-11)23-14(4)18(22)20-7-5-15(6-8-20)17(19)21/h9-10,14-15H,5-8H2,1-4H3,(H2,19,21). The first kappa shape index (κ1) is 17.3. The summed E-state index contributed by atoms with van der Waals surface area (Å²) in [5.74, 6) is 0.339. The second kappa shape index (κ2) is 7.02. The lowest BCUT2D eigenvalue weighted by molar-refractivity contribution is -0.140. The van der Waals surface area contributed by atoms with E-state index in [2.05, 4.69) is 6.07 Å². The molecule has 0 radical (unpaired) electrons. The molecule has 1 aliphatic heterocycles. The highest BCUT2D eigenvalue weighted by Crippen LogP contribution is 2.25. The van der Waals surface area contributed by atoms with E-state index < -0.39 is 6.10 Å². The molecule has 0 aliphatic carbocycles. The van der Waals surface area contributed by atoms with Gasteiger partial charge in [-0.3, -0.25) is 9.59 Å². The van der Waals surface area contributed by atoms with Crippen molar-refractivity contribution >= 4 is 11.8 Å². The smallest absolute Gasteiger partial charge is 0.263 e. The second-order valence-corrected chi connectivity index (χ2v) is 6.47. The lowest BCUT2D eigenvalue weighted by Gasteiger charge is -2.32. The summed E-state index contributed by atoms with van der Waals surface area (Å²) in [4.78, 5) is 25.5. The number of nitrogens with zero attached hydrogens (tertiary/aromatic N) is 1. The molecule has 2 N–H and O–H groups in total. The summed E-state index contributed by atoms with van der Waals surface area (Å²) in [6, 6.07) is 4.06. The second-order valence-electron chi connectivity index (χ2n) is 6.47. The van der Waals surface area contributed by atoms with E-state index in [-0.39, 0.29) is 17.7 Å². The van der Waals surface area contributed by atoms with Crippen LogP contribution in [0.25, 0.3) is 0 Å². The SMILES string of the molecule is Cc1cc(C)c(C)c(OC(C)C(=O)N2CCC(C(N)=O)CC2)c1. The van der Waals surface area contributed by atoms with Gasteiger partial charge in [-0.2, -0.15) is 0 Å². The molecule has 0 spiro atoms. The number of carbonyl (C=O) groups is 2. The van der Waals surface area contributed by atoms with Crippen molar-refractivity contribution < 1.29 is 14.3 Å². The van der Waals surface area contributed by atoms with Crippen LogP contribution in [0, 0.1) is 26.7 Å². The zero-order chi connectivity index (χ0) is 17.1. The molecule has 0 bridgehead atoms. The molecule has 0 saturated carbocycles. The number of ether oxygens (including phenoxy) is 1. The van der Waals surface area contributed by atoms with Crippen molar-refractivity contribution in [3.63, 3.8) is 0 Å². The molecule has 5 nitrogen and oxygen atoms in total. The minimum absolute atomic E-state index is 0.0357. The third-order valence-electron chi connectivity index (χ3n) is 4.62. The summed E-state index contributed by atoms with van der Waals surface area (Å²) in [5, 5.41) is 0. The maximum atomic E-state index is 12.5. The van der Waals surface area contributed by atoms with E-state index in [0.29, 0.717) is 25.9 Å². The molecule has 1 aromatic rings. The fourth-order valence-electron chi connectivity index (χ4n) is 3.01. The Morgan fingerprint density at radius 2 is 1.83 bits per heavy atom. The number of hydrogen-bond acceptors (Lipinski definition) is 3. The fraction of sp³-hybridized carbons (Fsp3) is 0.556. The average molecular weight is 318 g/mol. The zero-order valence-corrected chi connectivity index (χ0v) is 14.4. The van der Waals surface area contributed by atoms with Crippen molar-refractivity contribution in [2.24, 2.45) is 11.7 Å². The number of nitrogens with two attached hydrogens (primary N) is 1. The Kier molecular flexibility index (Phi) is 5.29. The summed E-state index contributed by atoms with van der Waals surface area (Å²) in [6.45, 7) is 8.95. The van der Waals surface area contributed by atoms with Crippen molar-refractivity contribution in [1.82, 2.24) is 4.90 Å². The van der Waals surface area contributed by atoms with E-state index in [4.69, 9.17) is 10.5 Å². The molecule has 1 fully saturated rings. The largest absolute Gasteiger partial charge is 0.481 e. The van der Waals surface area contributed by atoms with Gasteiger partial charge >= 0.3 is 0 Å². The van der Waals surface area contributed by atoms with Crippen molar-refractivity contribution in [2.75, 3.05) is 13.1 Å². The number of benzene rings is 1. The molecule has 2 amide bonds. The number of piperidine rings is 1. The van der Waals surface area contributed by atoms with E-state index in [1.54, 1.807) is 11.8 Å². The van der Waals surface area contributed by atoms with Gasteiger partial charge in [0.2, 0.25) is 5.91 Å². The Morgan fingerprint density at radius 3 is 2.39 bits per heavy atom. The minimum Gasteiger partial charge on any atom is -0.481 e. The predicted molar refractivity (Wildman–Crippen MR) is 89.2 cm³/mol. The predicted octanol–water partition coefficient (Wildman–Crippen LogP) is 2.10. The first-order valence-electron chi connectivity index (χ1n) is 8.12. The van der Waals surface area contributed by atoms with Crippen LogP contribution in [0.5, 0.6) is 5.75 Å². The maximum Gasteiger partial charge on any atom is 0.263 e. The number of primary amides is 1. The Morgan fingerprint density at radius 1 is 1.22 bits per heavy atom. The van der Waals surface area contributed by atoms with Gasteiger partial charge in [-0.05, 0) is 63.3 Å². The molecule has 5 heteroatoms. The highest BCUT2D eigenvalue weighted by atomic mass is 16.5. The number of rotatable bonds is 4. The molecule has 1 saturated heterocycles. The molecule has 1 atom stereocenters. The summed E-state index contributed by atoms with van der Waals surface area (Å²) < 4.78 is 5.91. The van der Waals surface area contributed by atoms with Gasteiger partial charge in [0, 0.05) is 19.0 Å². The van der Waals surface area contributed by atoms with E-state index >= 15 is 0 Å². The summed E-state index contributed by atoms with van der Waals surface area (Å²) >= 11 is 0. The van der Waals surface area contributed by atoms with Crippen LogP contribution < -0.4 is 10.5 Å². The Labute approximate surface area is 137 Å². The summed E-state index contributed by atoms with van der Waals surface area (Å²) in [5.41, 5.74) is 8.66. The molecular weight excluding hydrogens is 292 g/mol. The Bertz CT molecular complexity index is 605. The molecule has 1 aliphatic rings. The molecule has 1 unspecified atom stereocenters. The Balaban J connectivity index is 2.00. The normalized spacial score (nSPS) is 17.0. The Hall–Kier alpha value is -2.04. The number of carbonyl (C=O) groups excluding carboxylic acids is 2. The van der Waals surface area contributed by atoms with Gasteiger partial charge in [-0.1, -0.05) is 6.07 Å². The van der Waals surface area contributed by atoms with Crippen molar-refractivity contribution in [3.8, 4) is 5.75 Å². The minimum atomic E-state index is -0.542. The lowest BCUT2D eigenvalue weighted by Crippen LogP contribution is -2.46. The average Bonchev–Trinajstić information content (AvgIpc) is 2.51. The third kappa shape index (κ3) is 4.03. The van der Waals surface area contributed by atoms with Gasteiger partial charge < -0.3 is 15.4 Å². The molecule has 23 heavy (non-hydrogen) atoms. The van der Waals surface area contributed by atoms with Crippen molar-refractivity contribution in [1.29, 1.82) is 0 Å². The van der Waals surface area contributed by atoms with E-state index in [9.17, 15) is 9.59 Å². The van der Waals surface area contributed by atoms with Crippen LogP contribution >= 0.6 is 0 Å². The van der Waals surface area contributed by atoms with Crippen molar-refractivity contribution in [3.05, 3.63) is 28.8 Å². The zero-order valence-electron chi connectivity index (χ0n) is 14.4. The van der Waals surface area contributed by atoms with Gasteiger partial charge in [0.05, 0.1) is 0 Å². The number of likely N-dealkylation sites (tertiary alicyclic amines) is 1. The van der Waals surface area contributed by atoms with E-state index in [1.165, 1.54) is 0 Å². The van der Waals surface area contributed by atoms with E-state index in [0.717, 1.165) is 22.4 Å². The van der Waals surface area contributed by atoms with Gasteiger partial charge in [0.15, 0.2) is 6.10 Å². The molecule has 1 heterocycles. The highest BCUT2D eigenvalue weighted by Gasteiger charge is 2.29. The van der Waals surface area contributed by atoms with E-state index in [1.807, 2.05) is 26.8 Å². The molecule has 126 valence electrons. The van der Waals surface area contributed by atoms with Gasteiger partial charge in [0.25, 0.3) is 5.91 Å². The lowest BCUT2D eigenvalue weighted by atomic mass is 9.96. The van der Waals surface area contributed by atoms with Crippen LogP contribution in [0.1, 0.15) is 36.5 Å². The number of hydrogen-bond donors (Lipinski definition) is 1. The van der Waals surface area contributed by atoms with Gasteiger partial charge in [-0.15, -0.1) is 0 Å². The maximum absolute atomic E-state index is 12.5. The topological polar surface area (TPSA) is 72.6 Å². The van der Waals surface area contributed by atoms with Crippen LogP contribution in [0.2, 0.25) is 0 Å². The number of amides is 2. The van der Waals surface area contributed by atoms with Gasteiger partial charge in [-0.25, -0.2) is 0 Å². The molecular formula is C18H26N2O3. The first-order valence-corrected chi connectivity index (χ1v) is 8.12.